The van der Waals surface area contributed by atoms with E-state index in [1.54, 1.807) is 0 Å². The second-order valence-electron chi connectivity index (χ2n) is 14.7. The van der Waals surface area contributed by atoms with E-state index in [1.807, 2.05) is 18.5 Å². The number of pyridine rings is 1. The van der Waals surface area contributed by atoms with Gasteiger partial charge in [0.2, 0.25) is 0 Å². The van der Waals surface area contributed by atoms with Crippen LogP contribution in [0.25, 0.3) is 33.2 Å². The van der Waals surface area contributed by atoms with E-state index in [0.717, 1.165) is 34.5 Å². The van der Waals surface area contributed by atoms with Gasteiger partial charge in [-0.15, -0.1) is 0 Å². The number of para-hydroxylation sites is 3. The van der Waals surface area contributed by atoms with Gasteiger partial charge in [0.1, 0.15) is 31.2 Å². The zero-order chi connectivity index (χ0) is 35.3. The largest absolute Gasteiger partial charge is 0.458 e. The fourth-order valence-electron chi connectivity index (χ4n) is 8.96. The summed E-state index contributed by atoms with van der Waals surface area (Å²) in [5, 5.41) is 5.16. The number of ether oxygens (including phenoxy) is 1. The molecule has 5 aromatic carbocycles. The van der Waals surface area contributed by atoms with Crippen molar-refractivity contribution in [3.63, 3.8) is 0 Å². The minimum atomic E-state index is -2.19. The molecule has 0 N–H and O–H groups in total. The molecule has 0 fully saturated rings. The average Bonchev–Trinajstić information content (AvgIpc) is 3.82. The molecule has 0 saturated carbocycles. The first-order valence-electron chi connectivity index (χ1n) is 18.2. The summed E-state index contributed by atoms with van der Waals surface area (Å²) in [7, 11) is -2.19. The molecule has 0 amide bonds. The van der Waals surface area contributed by atoms with Gasteiger partial charge in [0, 0.05) is 58.6 Å². The average molecular weight is 702 g/mol. The lowest BCUT2D eigenvalue weighted by Gasteiger charge is -2.40. The molecule has 3 aromatic heterocycles. The number of benzene rings is 5. The van der Waals surface area contributed by atoms with Crippen molar-refractivity contribution in [1.82, 2.24) is 19.1 Å². The van der Waals surface area contributed by atoms with Crippen LogP contribution >= 0.6 is 0 Å². The van der Waals surface area contributed by atoms with Crippen molar-refractivity contribution >= 4 is 57.4 Å². The van der Waals surface area contributed by atoms with Gasteiger partial charge < -0.3 is 13.9 Å². The Hall–Kier alpha value is -6.44. The highest BCUT2D eigenvalue weighted by atomic mass is 28.3. The summed E-state index contributed by atoms with van der Waals surface area (Å²) in [4.78, 5) is 12.2. The van der Waals surface area contributed by atoms with Gasteiger partial charge in [-0.1, -0.05) is 85.9 Å². The minimum Gasteiger partial charge on any atom is -0.458 e. The van der Waals surface area contributed by atoms with Crippen molar-refractivity contribution in [2.45, 2.75) is 24.9 Å². The molecule has 0 saturated heterocycles. The number of hydrogen-bond acceptors (Lipinski definition) is 4. The van der Waals surface area contributed by atoms with Crippen molar-refractivity contribution in [3.8, 4) is 17.1 Å². The lowest BCUT2D eigenvalue weighted by atomic mass is 9.79. The van der Waals surface area contributed by atoms with Gasteiger partial charge in [0.25, 0.3) is 0 Å². The van der Waals surface area contributed by atoms with Gasteiger partial charge in [0.05, 0.1) is 22.4 Å². The number of fused-ring (bicyclic) bond motifs is 11. The molecule has 0 spiro atoms. The fourth-order valence-corrected chi connectivity index (χ4v) is 11.8. The highest BCUT2D eigenvalue weighted by Crippen LogP contribution is 2.46. The Kier molecular flexibility index (Phi) is 6.43. The monoisotopic (exact) mass is 701 g/mol. The molecule has 8 aromatic rings. The second-order valence-corrected chi connectivity index (χ2v) is 19.0. The second kappa shape index (κ2) is 11.3. The van der Waals surface area contributed by atoms with Crippen molar-refractivity contribution in [2.75, 3.05) is 4.90 Å². The first-order valence-corrected chi connectivity index (χ1v) is 21.2. The molecule has 2 aliphatic heterocycles. The molecule has 5 heterocycles. The number of anilines is 3. The van der Waals surface area contributed by atoms with E-state index in [1.165, 1.54) is 49.1 Å². The summed E-state index contributed by atoms with van der Waals surface area (Å²) in [6, 6.07) is 45.8. The maximum atomic E-state index is 6.71. The molecular weight excluding hydrogens is 667 g/mol. The third kappa shape index (κ3) is 4.44. The van der Waals surface area contributed by atoms with E-state index >= 15 is 0 Å². The molecule has 6 nitrogen and oxygen atoms in total. The van der Waals surface area contributed by atoms with Gasteiger partial charge >= 0.3 is 0 Å². The van der Waals surface area contributed by atoms with Crippen LogP contribution in [0.1, 0.15) is 23.2 Å². The van der Waals surface area contributed by atoms with Crippen LogP contribution in [0.4, 0.5) is 17.2 Å². The number of nitrogens with zero attached hydrogens (tertiary/aromatic N) is 5. The zero-order valence-corrected chi connectivity index (χ0v) is 30.4. The molecule has 1 aliphatic carbocycles. The molecule has 7 heteroatoms. The van der Waals surface area contributed by atoms with E-state index in [9.17, 15) is 0 Å². The normalized spacial score (nSPS) is 17.8. The van der Waals surface area contributed by atoms with Gasteiger partial charge in [-0.3, -0.25) is 4.90 Å². The van der Waals surface area contributed by atoms with Gasteiger partial charge in [0.15, 0.2) is 0 Å². The number of imidazole rings is 1. The Morgan fingerprint density at radius 2 is 1.47 bits per heavy atom. The molecule has 53 heavy (non-hydrogen) atoms. The number of hydrogen-bond donors (Lipinski definition) is 0. The molecule has 0 bridgehead atoms. The van der Waals surface area contributed by atoms with Crippen molar-refractivity contribution < 1.29 is 4.74 Å². The van der Waals surface area contributed by atoms with Crippen LogP contribution < -0.4 is 20.0 Å². The first-order chi connectivity index (χ1) is 26.0. The maximum Gasteiger partial charge on any atom is 0.137 e. The predicted octanol–water partition coefficient (Wildman–Crippen LogP) is 9.68. The Morgan fingerprint density at radius 3 is 2.40 bits per heavy atom. The van der Waals surface area contributed by atoms with Crippen LogP contribution in [0.15, 0.2) is 170 Å². The number of rotatable bonds is 4. The van der Waals surface area contributed by atoms with Crippen LogP contribution in [0.5, 0.6) is 5.75 Å². The maximum absolute atomic E-state index is 6.71. The summed E-state index contributed by atoms with van der Waals surface area (Å²) >= 11 is 0. The summed E-state index contributed by atoms with van der Waals surface area (Å²) in [6.45, 7) is 4.91. The smallest absolute Gasteiger partial charge is 0.137 e. The fraction of sp³-hybridized carbons (Fsp3) is 0.0870. The summed E-state index contributed by atoms with van der Waals surface area (Å²) in [6.07, 6.45) is 12.5. The van der Waals surface area contributed by atoms with Gasteiger partial charge in [-0.25, -0.2) is 9.97 Å². The first kappa shape index (κ1) is 30.2. The Bertz CT molecular complexity index is 2830. The standard InChI is InChI=1S/C46H35N5OSi/c1-53(2)43-20-11-23-47-46(43)51(42-28-37-36-17-7-9-19-40(36)50(41(37)29-44(42)53)30-12-4-3-5-13-30)31-14-10-15-32(26-31)52-33-21-22-34-35-16-6-8-18-39(35)49-25-24-48-45(49)38(34)27-33/h3-29,34,38H,1-2H3. The lowest BCUT2D eigenvalue weighted by Crippen LogP contribution is -2.58. The molecule has 11 rings (SSSR count). The summed E-state index contributed by atoms with van der Waals surface area (Å²) in [5.74, 6) is 3.92. The zero-order valence-electron chi connectivity index (χ0n) is 29.4. The van der Waals surface area contributed by atoms with Crippen LogP contribution in [0.3, 0.4) is 0 Å². The van der Waals surface area contributed by atoms with Crippen LogP contribution in [0, 0.1) is 0 Å². The molecule has 0 radical (unpaired) electrons. The van der Waals surface area contributed by atoms with E-state index in [-0.39, 0.29) is 11.8 Å². The minimum absolute atomic E-state index is 0.0840. The van der Waals surface area contributed by atoms with Crippen LogP contribution in [-0.2, 0) is 0 Å². The van der Waals surface area contributed by atoms with Crippen molar-refractivity contribution in [2.24, 2.45) is 0 Å². The van der Waals surface area contributed by atoms with E-state index in [0.29, 0.717) is 0 Å². The topological polar surface area (TPSA) is 48.1 Å². The molecule has 254 valence electrons. The summed E-state index contributed by atoms with van der Waals surface area (Å²) in [5.41, 5.74) is 8.28. The Balaban J connectivity index is 1.04. The van der Waals surface area contributed by atoms with E-state index < -0.39 is 8.07 Å². The molecule has 3 aliphatic rings. The molecular formula is C46H35N5OSi. The van der Waals surface area contributed by atoms with Gasteiger partial charge in [-0.2, -0.15) is 0 Å². The van der Waals surface area contributed by atoms with E-state index in [4.69, 9.17) is 14.7 Å². The highest BCUT2D eigenvalue weighted by molar-refractivity contribution is 7.02. The SMILES string of the molecule is C[Si]1(C)c2cc3c(cc2N(c2cccc(OC4=CC5c6nccn6-c6ccccc6C5C=C4)c2)c2ncccc21)c1ccccc1n3-c1ccccc1. The Morgan fingerprint density at radius 1 is 0.642 bits per heavy atom. The van der Waals surface area contributed by atoms with Crippen molar-refractivity contribution in [1.29, 1.82) is 0 Å². The number of allylic oxidation sites excluding steroid dienone is 3. The third-order valence-electron chi connectivity index (χ3n) is 11.4. The highest BCUT2D eigenvalue weighted by Gasteiger charge is 2.40. The molecule has 2 unspecified atom stereocenters. The molecule has 2 atom stereocenters. The van der Waals surface area contributed by atoms with E-state index in [2.05, 4.69) is 173 Å². The van der Waals surface area contributed by atoms with Gasteiger partial charge in [-0.05, 0) is 82.7 Å². The predicted molar refractivity (Wildman–Crippen MR) is 217 cm³/mol. The Labute approximate surface area is 308 Å². The number of aromatic nitrogens is 4. The third-order valence-corrected chi connectivity index (χ3v) is 14.9. The summed E-state index contributed by atoms with van der Waals surface area (Å²) < 4.78 is 11.3. The quantitative estimate of drug-likeness (QED) is 0.172. The van der Waals surface area contributed by atoms with Crippen LogP contribution in [0.2, 0.25) is 13.1 Å². The van der Waals surface area contributed by atoms with Crippen LogP contribution in [-0.4, -0.2) is 27.2 Å². The lowest BCUT2D eigenvalue weighted by molar-refractivity contribution is 0.431. The van der Waals surface area contributed by atoms with Crippen molar-refractivity contribution in [3.05, 3.63) is 181 Å².